The Bertz CT molecular complexity index is 896. The standard InChI is InChI=1S/C27H40N4O/c1-20(2)31-22(4)26(21(3)28-31)19-29-16-13-24(14-17-29)25-12-8-9-15-30(27(25)32)18-23-10-6-5-7-11-23/h5-7,10-11,20,24-25H,8-9,12-19H2,1-4H3. The van der Waals surface area contributed by atoms with E-state index in [2.05, 4.69) is 66.4 Å². The number of benzene rings is 1. The molecule has 2 saturated heterocycles. The number of amides is 1. The van der Waals surface area contributed by atoms with Gasteiger partial charge >= 0.3 is 0 Å². The molecule has 1 aromatic heterocycles. The molecule has 0 spiro atoms. The van der Waals surface area contributed by atoms with Gasteiger partial charge in [-0.25, -0.2) is 0 Å². The van der Waals surface area contributed by atoms with Gasteiger partial charge in [0.05, 0.1) is 5.69 Å². The summed E-state index contributed by atoms with van der Waals surface area (Å²) < 4.78 is 2.16. The van der Waals surface area contributed by atoms with E-state index in [0.717, 1.165) is 64.1 Å². The number of piperidine rings is 1. The molecule has 0 aliphatic carbocycles. The van der Waals surface area contributed by atoms with Gasteiger partial charge in [0, 0.05) is 42.9 Å². The van der Waals surface area contributed by atoms with Crippen LogP contribution in [0, 0.1) is 25.7 Å². The number of carbonyl (C=O) groups is 1. The zero-order chi connectivity index (χ0) is 22.7. The number of carbonyl (C=O) groups excluding carboxylic acids is 1. The number of hydrogen-bond donors (Lipinski definition) is 0. The van der Waals surface area contributed by atoms with Gasteiger partial charge in [-0.15, -0.1) is 0 Å². The van der Waals surface area contributed by atoms with E-state index >= 15 is 0 Å². The van der Waals surface area contributed by atoms with Crippen molar-refractivity contribution >= 4 is 5.91 Å². The van der Waals surface area contributed by atoms with Gasteiger partial charge in [-0.05, 0) is 77.9 Å². The minimum atomic E-state index is 0.204. The molecule has 0 radical (unpaired) electrons. The topological polar surface area (TPSA) is 41.4 Å². The van der Waals surface area contributed by atoms with Crippen molar-refractivity contribution in [3.8, 4) is 0 Å². The van der Waals surface area contributed by atoms with Crippen LogP contribution in [0.4, 0.5) is 0 Å². The molecule has 2 aliphatic heterocycles. The van der Waals surface area contributed by atoms with Crippen LogP contribution in [0.1, 0.15) is 74.5 Å². The van der Waals surface area contributed by atoms with Crippen molar-refractivity contribution in [1.29, 1.82) is 0 Å². The summed E-state index contributed by atoms with van der Waals surface area (Å²) in [5.41, 5.74) is 5.09. The molecule has 3 heterocycles. The molecule has 32 heavy (non-hydrogen) atoms. The lowest BCUT2D eigenvalue weighted by atomic mass is 9.81. The maximum atomic E-state index is 13.5. The molecule has 5 nitrogen and oxygen atoms in total. The zero-order valence-electron chi connectivity index (χ0n) is 20.4. The second-order valence-electron chi connectivity index (χ2n) is 10.1. The van der Waals surface area contributed by atoms with E-state index in [4.69, 9.17) is 5.10 Å². The van der Waals surface area contributed by atoms with Crippen LogP contribution in [0.25, 0.3) is 0 Å². The number of hydrogen-bond acceptors (Lipinski definition) is 3. The van der Waals surface area contributed by atoms with E-state index in [1.807, 2.05) is 6.07 Å². The largest absolute Gasteiger partial charge is 0.338 e. The highest BCUT2D eigenvalue weighted by Crippen LogP contribution is 2.33. The van der Waals surface area contributed by atoms with Crippen molar-refractivity contribution in [2.45, 2.75) is 78.9 Å². The molecule has 1 amide bonds. The Morgan fingerprint density at radius 1 is 0.969 bits per heavy atom. The maximum absolute atomic E-state index is 13.5. The minimum absolute atomic E-state index is 0.204. The first kappa shape index (κ1) is 23.0. The molecule has 0 N–H and O–H groups in total. The number of aromatic nitrogens is 2. The first-order valence-electron chi connectivity index (χ1n) is 12.5. The quantitative estimate of drug-likeness (QED) is 0.631. The minimum Gasteiger partial charge on any atom is -0.338 e. The summed E-state index contributed by atoms with van der Waals surface area (Å²) in [7, 11) is 0. The van der Waals surface area contributed by atoms with E-state index < -0.39 is 0 Å². The van der Waals surface area contributed by atoms with Crippen LogP contribution in [-0.2, 0) is 17.9 Å². The third-order valence-corrected chi connectivity index (χ3v) is 7.59. The Labute approximate surface area is 193 Å². The van der Waals surface area contributed by atoms with Crippen LogP contribution < -0.4 is 0 Å². The number of rotatable bonds is 6. The lowest BCUT2D eigenvalue weighted by Gasteiger charge is -2.36. The molecule has 4 rings (SSSR count). The summed E-state index contributed by atoms with van der Waals surface area (Å²) >= 11 is 0. The van der Waals surface area contributed by atoms with Gasteiger partial charge < -0.3 is 4.90 Å². The second-order valence-corrected chi connectivity index (χ2v) is 10.1. The normalized spacial score (nSPS) is 21.3. The van der Waals surface area contributed by atoms with Crippen LogP contribution >= 0.6 is 0 Å². The van der Waals surface area contributed by atoms with Crippen LogP contribution in [0.3, 0.4) is 0 Å². The van der Waals surface area contributed by atoms with Crippen molar-refractivity contribution in [3.63, 3.8) is 0 Å². The summed E-state index contributed by atoms with van der Waals surface area (Å²) in [6.07, 6.45) is 5.63. The Morgan fingerprint density at radius 2 is 1.69 bits per heavy atom. The van der Waals surface area contributed by atoms with Gasteiger partial charge in [0.2, 0.25) is 5.91 Å². The number of aryl methyl sites for hydroxylation is 1. The van der Waals surface area contributed by atoms with Crippen LogP contribution in [0.15, 0.2) is 30.3 Å². The summed E-state index contributed by atoms with van der Waals surface area (Å²) in [6.45, 7) is 13.5. The predicted octanol–water partition coefficient (Wildman–Crippen LogP) is 5.12. The molecule has 5 heteroatoms. The summed E-state index contributed by atoms with van der Waals surface area (Å²) in [4.78, 5) is 18.2. The molecule has 1 unspecified atom stereocenters. The SMILES string of the molecule is Cc1nn(C(C)C)c(C)c1CN1CCC(C2CCCCN(Cc3ccccc3)C2=O)CC1. The molecule has 2 fully saturated rings. The fraction of sp³-hybridized carbons (Fsp3) is 0.630. The first-order chi connectivity index (χ1) is 15.4. The molecular formula is C27H40N4O. The summed E-state index contributed by atoms with van der Waals surface area (Å²) in [6, 6.07) is 10.8. The van der Waals surface area contributed by atoms with Gasteiger partial charge in [0.1, 0.15) is 0 Å². The van der Waals surface area contributed by atoms with Crippen molar-refractivity contribution in [2.75, 3.05) is 19.6 Å². The van der Waals surface area contributed by atoms with Crippen molar-refractivity contribution in [1.82, 2.24) is 19.6 Å². The second kappa shape index (κ2) is 10.2. The van der Waals surface area contributed by atoms with E-state index in [1.54, 1.807) is 0 Å². The molecule has 1 atom stereocenters. The number of nitrogens with zero attached hydrogens (tertiary/aromatic N) is 4. The third kappa shape index (κ3) is 5.09. The van der Waals surface area contributed by atoms with Crippen LogP contribution in [0.2, 0.25) is 0 Å². The van der Waals surface area contributed by atoms with E-state index in [9.17, 15) is 4.79 Å². The molecule has 0 saturated carbocycles. The fourth-order valence-electron chi connectivity index (χ4n) is 5.70. The highest BCUT2D eigenvalue weighted by molar-refractivity contribution is 5.79. The van der Waals surface area contributed by atoms with Crippen LogP contribution in [0.5, 0.6) is 0 Å². The van der Waals surface area contributed by atoms with E-state index in [-0.39, 0.29) is 5.92 Å². The third-order valence-electron chi connectivity index (χ3n) is 7.59. The summed E-state index contributed by atoms with van der Waals surface area (Å²) in [5, 5.41) is 4.77. The smallest absolute Gasteiger partial charge is 0.226 e. The average Bonchev–Trinajstić information content (AvgIpc) is 2.95. The Morgan fingerprint density at radius 3 is 2.34 bits per heavy atom. The molecule has 1 aromatic carbocycles. The molecule has 0 bridgehead atoms. The van der Waals surface area contributed by atoms with Gasteiger partial charge in [-0.1, -0.05) is 36.8 Å². The monoisotopic (exact) mass is 436 g/mol. The molecule has 2 aromatic rings. The van der Waals surface area contributed by atoms with E-state index in [1.165, 1.54) is 23.2 Å². The Balaban J connectivity index is 1.36. The van der Waals surface area contributed by atoms with Gasteiger partial charge in [-0.3, -0.25) is 14.4 Å². The highest BCUT2D eigenvalue weighted by Gasteiger charge is 2.35. The van der Waals surface area contributed by atoms with Crippen molar-refractivity contribution < 1.29 is 4.79 Å². The lowest BCUT2D eigenvalue weighted by molar-refractivity contribution is -0.138. The average molecular weight is 437 g/mol. The van der Waals surface area contributed by atoms with Crippen molar-refractivity contribution in [3.05, 3.63) is 52.8 Å². The fourth-order valence-corrected chi connectivity index (χ4v) is 5.70. The molecule has 2 aliphatic rings. The lowest BCUT2D eigenvalue weighted by Crippen LogP contribution is -2.42. The highest BCUT2D eigenvalue weighted by atomic mass is 16.2. The van der Waals surface area contributed by atoms with Gasteiger partial charge in [-0.2, -0.15) is 5.10 Å². The van der Waals surface area contributed by atoms with Gasteiger partial charge in [0.15, 0.2) is 0 Å². The van der Waals surface area contributed by atoms with Crippen molar-refractivity contribution in [2.24, 2.45) is 11.8 Å². The van der Waals surface area contributed by atoms with E-state index in [0.29, 0.717) is 17.9 Å². The van der Waals surface area contributed by atoms with Gasteiger partial charge in [0.25, 0.3) is 0 Å². The first-order valence-corrected chi connectivity index (χ1v) is 12.5. The van der Waals surface area contributed by atoms with Crippen LogP contribution in [-0.4, -0.2) is 45.1 Å². The number of likely N-dealkylation sites (tertiary alicyclic amines) is 2. The zero-order valence-corrected chi connectivity index (χ0v) is 20.4. The molecule has 174 valence electrons. The Kier molecular flexibility index (Phi) is 7.34. The summed E-state index contributed by atoms with van der Waals surface area (Å²) in [5.74, 6) is 1.13. The molecular weight excluding hydrogens is 396 g/mol. The predicted molar refractivity (Wildman–Crippen MR) is 129 cm³/mol. The Hall–Kier alpha value is -2.14. The maximum Gasteiger partial charge on any atom is 0.226 e.